The van der Waals surface area contributed by atoms with Gasteiger partial charge in [-0.15, -0.1) is 11.3 Å². The number of amides is 4. The molecule has 0 unspecified atom stereocenters. The lowest BCUT2D eigenvalue weighted by Crippen LogP contribution is -2.45. The van der Waals surface area contributed by atoms with Crippen molar-refractivity contribution in [2.75, 3.05) is 51.2 Å². The molecule has 0 spiro atoms. The molecule has 19 nitrogen and oxygen atoms in total. The summed E-state index contributed by atoms with van der Waals surface area (Å²) in [4.78, 5) is 67.9. The number of likely N-dealkylation sites (tertiary alicyclic amines) is 2. The molecular formula is C66H75F3N10O9S2. The second-order valence-corrected chi connectivity index (χ2v) is 26.2. The molecule has 2 aliphatic carbocycles. The Hall–Kier alpha value is -7.82. The van der Waals surface area contributed by atoms with Crippen LogP contribution in [-0.2, 0) is 51.4 Å². The van der Waals surface area contributed by atoms with Crippen LogP contribution < -0.4 is 25.4 Å². The van der Waals surface area contributed by atoms with Gasteiger partial charge in [-0.25, -0.2) is 13.4 Å². The van der Waals surface area contributed by atoms with E-state index in [0.717, 1.165) is 99.7 Å². The number of aromatic nitrogens is 3. The van der Waals surface area contributed by atoms with E-state index in [4.69, 9.17) is 14.2 Å². The standard InChI is InChI=1S/C66H75F3N10O9S2/c1-78-61(81)39-57(62(78)48-4-2-23-72-42-48)63(82)74-27-32-87-54-13-11-53(12-14-54)86-31-3-5-60(80)76-52-9-6-46(7-10-52)64(83)79-29-21-43(22-30-79)18-24-73-41-44-34-49(36-51(35-44)66(67,68)69)47-8-16-59(56(38-47)45-19-25-71-26-20-45)88-58-17-15-55(37-50(58)40-70)90(84,85)77-65-75-28-33-89-65/h2,4,8,15-17,19-20,23,25-26,28,33-38,42-43,46,52-54,57,62,73H,3,5-7,9-14,18,21-22,24,27,29-32,39,41H2,1H3,(H,74,82)(H,75,77)(H,76,80)/t46?,52?,53?,54?,57-,62+/m0/s1. The highest BCUT2D eigenvalue weighted by molar-refractivity contribution is 7.93. The molecule has 3 aromatic heterocycles. The number of pyridine rings is 2. The first-order valence-corrected chi connectivity index (χ1v) is 33.2. The Bertz CT molecular complexity index is 3580. The fourth-order valence-electron chi connectivity index (χ4n) is 12.6. The van der Waals surface area contributed by atoms with Crippen LogP contribution in [0.5, 0.6) is 11.5 Å². The molecule has 4 aliphatic rings. The van der Waals surface area contributed by atoms with E-state index in [1.54, 1.807) is 84.6 Å². The van der Waals surface area contributed by atoms with Gasteiger partial charge in [0, 0.05) is 107 Å². The Kier molecular flexibility index (Phi) is 22.0. The smallest absolute Gasteiger partial charge is 0.416 e. The van der Waals surface area contributed by atoms with E-state index in [9.17, 15) is 46.0 Å². The Balaban J connectivity index is 0.612. The van der Waals surface area contributed by atoms with Crippen molar-refractivity contribution < 1.29 is 55.0 Å². The van der Waals surface area contributed by atoms with Crippen molar-refractivity contribution in [1.82, 2.24) is 40.7 Å². The largest absolute Gasteiger partial charge is 0.455 e. The number of nitrogens with zero attached hydrogens (tertiary/aromatic N) is 6. The summed E-state index contributed by atoms with van der Waals surface area (Å²) in [5.41, 5.74) is 2.38. The van der Waals surface area contributed by atoms with E-state index in [-0.39, 0.29) is 93.9 Å². The van der Waals surface area contributed by atoms with Crippen molar-refractivity contribution in [1.29, 1.82) is 5.26 Å². The van der Waals surface area contributed by atoms with Crippen LogP contribution in [0.3, 0.4) is 0 Å². The maximum atomic E-state index is 14.5. The molecule has 4 amide bonds. The number of rotatable bonds is 25. The number of carbonyl (C=O) groups excluding carboxylic acids is 4. The number of thiazole rings is 1. The molecule has 0 bridgehead atoms. The number of piperidine rings is 1. The van der Waals surface area contributed by atoms with Crippen LogP contribution in [0, 0.1) is 29.1 Å². The quantitative estimate of drug-likeness (QED) is 0.0390. The van der Waals surface area contributed by atoms with E-state index in [1.807, 2.05) is 17.0 Å². The van der Waals surface area contributed by atoms with Gasteiger partial charge < -0.3 is 40.0 Å². The molecule has 90 heavy (non-hydrogen) atoms. The fraction of sp³-hybridized carbons (Fsp3) is 0.455. The molecule has 6 aromatic rings. The number of nitriles is 1. The molecule has 24 heteroatoms. The Morgan fingerprint density at radius 2 is 1.54 bits per heavy atom. The lowest BCUT2D eigenvalue weighted by molar-refractivity contribution is -0.138. The Morgan fingerprint density at radius 3 is 2.24 bits per heavy atom. The highest BCUT2D eigenvalue weighted by atomic mass is 32.2. The van der Waals surface area contributed by atoms with Gasteiger partial charge in [0.05, 0.1) is 46.8 Å². The third kappa shape index (κ3) is 17.2. The van der Waals surface area contributed by atoms with Crippen LogP contribution in [0.25, 0.3) is 22.3 Å². The first kappa shape index (κ1) is 65.1. The van der Waals surface area contributed by atoms with Crippen molar-refractivity contribution in [3.8, 4) is 39.8 Å². The number of sulfonamides is 1. The summed E-state index contributed by atoms with van der Waals surface area (Å²) in [6.07, 6.45) is 13.5. The third-order valence-electron chi connectivity index (χ3n) is 17.5. The lowest BCUT2D eigenvalue weighted by atomic mass is 9.84. The molecule has 3 aromatic carbocycles. The molecular weight excluding hydrogens is 1200 g/mol. The van der Waals surface area contributed by atoms with Gasteiger partial charge in [0.2, 0.25) is 23.6 Å². The molecule has 2 saturated heterocycles. The molecule has 4 fully saturated rings. The number of halogens is 3. The van der Waals surface area contributed by atoms with Crippen molar-refractivity contribution in [2.45, 2.75) is 132 Å². The molecule has 0 radical (unpaired) electrons. The summed E-state index contributed by atoms with van der Waals surface area (Å²) in [5.74, 6) is 0.0659. The highest BCUT2D eigenvalue weighted by Gasteiger charge is 2.43. The maximum Gasteiger partial charge on any atom is 0.416 e. The Labute approximate surface area is 526 Å². The van der Waals surface area contributed by atoms with E-state index in [1.165, 1.54) is 24.4 Å². The van der Waals surface area contributed by atoms with Crippen LogP contribution in [0.2, 0.25) is 0 Å². The van der Waals surface area contributed by atoms with Crippen molar-refractivity contribution >= 4 is 50.1 Å². The molecule has 476 valence electrons. The zero-order valence-corrected chi connectivity index (χ0v) is 51.8. The zero-order chi connectivity index (χ0) is 63.2. The van der Waals surface area contributed by atoms with Gasteiger partial charge >= 0.3 is 6.18 Å². The maximum absolute atomic E-state index is 14.5. The number of alkyl halides is 3. The Morgan fingerprint density at radius 1 is 0.800 bits per heavy atom. The van der Waals surface area contributed by atoms with Gasteiger partial charge in [-0.3, -0.25) is 33.9 Å². The number of carbonyl (C=O) groups is 4. The predicted molar refractivity (Wildman–Crippen MR) is 332 cm³/mol. The normalized spacial score (nSPS) is 20.7. The predicted octanol–water partition coefficient (Wildman–Crippen LogP) is 10.6. The number of anilines is 1. The summed E-state index contributed by atoms with van der Waals surface area (Å²) in [6.45, 7) is 3.33. The van der Waals surface area contributed by atoms with Crippen molar-refractivity contribution in [3.05, 3.63) is 137 Å². The van der Waals surface area contributed by atoms with Crippen LogP contribution in [0.15, 0.2) is 120 Å². The van der Waals surface area contributed by atoms with E-state index in [2.05, 4.69) is 35.6 Å². The topological polar surface area (TPSA) is 247 Å². The highest BCUT2D eigenvalue weighted by Crippen LogP contribution is 2.41. The number of hydrogen-bond acceptors (Lipinski definition) is 15. The van der Waals surface area contributed by atoms with Gasteiger partial charge in [-0.2, -0.15) is 18.4 Å². The van der Waals surface area contributed by atoms with Gasteiger partial charge in [-0.05, 0) is 184 Å². The monoisotopic (exact) mass is 1270 g/mol. The minimum Gasteiger partial charge on any atom is -0.455 e. The van der Waals surface area contributed by atoms with Crippen LogP contribution in [0.1, 0.15) is 118 Å². The van der Waals surface area contributed by atoms with Crippen LogP contribution in [-0.4, -0.2) is 121 Å². The molecule has 4 N–H and O–H groups in total. The molecule has 2 saturated carbocycles. The first-order valence-electron chi connectivity index (χ1n) is 30.8. The van der Waals surface area contributed by atoms with Crippen molar-refractivity contribution in [3.63, 3.8) is 0 Å². The zero-order valence-electron chi connectivity index (χ0n) is 50.2. The second-order valence-electron chi connectivity index (χ2n) is 23.6. The van der Waals surface area contributed by atoms with Gasteiger partial charge in [0.25, 0.3) is 10.0 Å². The molecule has 10 rings (SSSR count). The summed E-state index contributed by atoms with van der Waals surface area (Å²) < 4.78 is 90.6. The molecule has 2 atom stereocenters. The fourth-order valence-corrected chi connectivity index (χ4v) is 14.4. The van der Waals surface area contributed by atoms with Gasteiger partial charge in [0.15, 0.2) is 5.13 Å². The first-order chi connectivity index (χ1) is 43.5. The number of hydrogen-bond donors (Lipinski definition) is 4. The van der Waals surface area contributed by atoms with Crippen molar-refractivity contribution in [2.24, 2.45) is 17.8 Å². The van der Waals surface area contributed by atoms with Gasteiger partial charge in [-0.1, -0.05) is 12.1 Å². The van der Waals surface area contributed by atoms with E-state index >= 15 is 0 Å². The third-order valence-corrected chi connectivity index (χ3v) is 19.7. The minimum absolute atomic E-state index is 0.00238. The second kappa shape index (κ2) is 30.3. The summed E-state index contributed by atoms with van der Waals surface area (Å²) in [7, 11) is -2.36. The number of ether oxygens (including phenoxy) is 3. The average Bonchev–Trinajstić information content (AvgIpc) is 1.75. The SMILES string of the molecule is CN1C(=O)C[C@H](C(=O)NCCOC2CCC(OCCCC(=O)NC3CCC(C(=O)N4CCC(CCNCc5cc(-c6ccc(Oc7ccc(S(=O)(=O)Nc8nccs8)cc7C#N)c(-c7ccncc7)c6)cc(C(F)(F)F)c5)CC4)CC3)CC2)[C@H]1c1cccnc1. The van der Waals surface area contributed by atoms with Crippen LogP contribution in [0.4, 0.5) is 18.3 Å². The minimum atomic E-state index is -4.62. The number of benzene rings is 3. The summed E-state index contributed by atoms with van der Waals surface area (Å²) in [6, 6.07) is 21.7. The lowest BCUT2D eigenvalue weighted by Gasteiger charge is -2.36. The summed E-state index contributed by atoms with van der Waals surface area (Å²) in [5, 5.41) is 21.4. The van der Waals surface area contributed by atoms with Crippen LogP contribution >= 0.6 is 11.3 Å². The molecule has 5 heterocycles. The van der Waals surface area contributed by atoms with E-state index in [0.29, 0.717) is 86.0 Å². The molecule has 2 aliphatic heterocycles. The number of nitrogens with one attached hydrogen (secondary N) is 4. The van der Waals surface area contributed by atoms with Gasteiger partial charge in [0.1, 0.15) is 17.6 Å². The summed E-state index contributed by atoms with van der Waals surface area (Å²) >= 11 is 1.10. The van der Waals surface area contributed by atoms with E-state index < -0.39 is 27.7 Å². The average molecular weight is 1270 g/mol.